The Kier molecular flexibility index (Phi) is 2.78. The van der Waals surface area contributed by atoms with Crippen molar-refractivity contribution in [1.29, 1.82) is 0 Å². The minimum atomic E-state index is -0.111. The van der Waals surface area contributed by atoms with Gasteiger partial charge in [-0.1, -0.05) is 18.2 Å². The highest BCUT2D eigenvalue weighted by Crippen LogP contribution is 2.13. The average molecular weight is 254 g/mol. The van der Waals surface area contributed by atoms with E-state index in [1.165, 1.54) is 0 Å². The first-order chi connectivity index (χ1) is 8.83. The second-order valence-corrected chi connectivity index (χ2v) is 4.79. The van der Waals surface area contributed by atoms with Gasteiger partial charge in [-0.05, 0) is 35.7 Å². The Morgan fingerprint density at radius 1 is 1.22 bits per heavy atom. The van der Waals surface area contributed by atoms with E-state index in [0.717, 1.165) is 15.9 Å². The number of carbonyl (C=O) groups excluding carboxylic acids is 1. The van der Waals surface area contributed by atoms with E-state index in [9.17, 15) is 4.79 Å². The van der Waals surface area contributed by atoms with Crippen LogP contribution in [0.25, 0.3) is 17.1 Å². The maximum Gasteiger partial charge on any atom is 0.221 e. The summed E-state index contributed by atoms with van der Waals surface area (Å²) in [6.45, 7) is 0. The number of ketones is 1. The van der Waals surface area contributed by atoms with Crippen molar-refractivity contribution in [1.82, 2.24) is 9.97 Å². The normalized spacial score (nSPS) is 11.3. The van der Waals surface area contributed by atoms with Crippen LogP contribution in [0.15, 0.2) is 47.9 Å². The number of rotatable bonds is 3. The summed E-state index contributed by atoms with van der Waals surface area (Å²) in [4.78, 5) is 20.3. The molecule has 0 aliphatic carbocycles. The quantitative estimate of drug-likeness (QED) is 0.574. The largest absolute Gasteiger partial charge is 0.335 e. The lowest BCUT2D eigenvalue weighted by atomic mass is 10.3. The molecule has 88 valence electrons. The fourth-order valence-corrected chi connectivity index (χ4v) is 2.31. The molecule has 0 aliphatic rings. The Hall–Kier alpha value is -2.20. The van der Waals surface area contributed by atoms with Gasteiger partial charge in [0.1, 0.15) is 0 Å². The van der Waals surface area contributed by atoms with Crippen LogP contribution in [0.1, 0.15) is 15.5 Å². The van der Waals surface area contributed by atoms with Crippen molar-refractivity contribution in [2.45, 2.75) is 0 Å². The number of carbonyl (C=O) groups is 1. The Labute approximate surface area is 108 Å². The topological polar surface area (TPSA) is 45.8 Å². The molecule has 0 amide bonds. The lowest BCUT2D eigenvalue weighted by Crippen LogP contribution is -1.96. The molecule has 0 fully saturated rings. The molecule has 0 radical (unpaired) electrons. The number of benzene rings is 1. The van der Waals surface area contributed by atoms with Crippen LogP contribution in [-0.4, -0.2) is 15.8 Å². The minimum absolute atomic E-state index is 0.111. The average Bonchev–Trinajstić information content (AvgIpc) is 3.04. The monoisotopic (exact) mass is 254 g/mol. The summed E-state index contributed by atoms with van der Waals surface area (Å²) in [6, 6.07) is 11.5. The van der Waals surface area contributed by atoms with Gasteiger partial charge in [0.15, 0.2) is 5.82 Å². The molecule has 3 nitrogen and oxygen atoms in total. The number of thiophene rings is 1. The Balaban J connectivity index is 1.88. The summed E-state index contributed by atoms with van der Waals surface area (Å²) in [5.41, 5.74) is 1.69. The molecule has 0 unspecified atom stereocenters. The predicted molar refractivity (Wildman–Crippen MR) is 73.8 cm³/mol. The second kappa shape index (κ2) is 4.58. The third-order valence-corrected chi connectivity index (χ3v) is 3.40. The number of nitrogens with zero attached hydrogens (tertiary/aromatic N) is 1. The molecular weight excluding hydrogens is 244 g/mol. The SMILES string of the molecule is O=C(C=Cc1cccs1)c1nc2ccccc2[nH]1. The number of para-hydroxylation sites is 2. The van der Waals surface area contributed by atoms with Crippen molar-refractivity contribution < 1.29 is 4.79 Å². The highest BCUT2D eigenvalue weighted by Gasteiger charge is 2.07. The number of aromatic amines is 1. The van der Waals surface area contributed by atoms with E-state index < -0.39 is 0 Å². The van der Waals surface area contributed by atoms with E-state index in [-0.39, 0.29) is 5.78 Å². The Morgan fingerprint density at radius 3 is 2.89 bits per heavy atom. The molecule has 3 rings (SSSR count). The van der Waals surface area contributed by atoms with E-state index in [4.69, 9.17) is 0 Å². The van der Waals surface area contributed by atoms with E-state index in [2.05, 4.69) is 9.97 Å². The Bertz CT molecular complexity index is 677. The van der Waals surface area contributed by atoms with Crippen LogP contribution in [-0.2, 0) is 0 Å². The van der Waals surface area contributed by atoms with Crippen LogP contribution in [0.2, 0.25) is 0 Å². The van der Waals surface area contributed by atoms with E-state index in [1.807, 2.05) is 41.8 Å². The van der Waals surface area contributed by atoms with Gasteiger partial charge in [-0.3, -0.25) is 4.79 Å². The van der Waals surface area contributed by atoms with Gasteiger partial charge in [0, 0.05) is 4.88 Å². The number of imidazole rings is 1. The maximum atomic E-state index is 11.9. The van der Waals surface area contributed by atoms with E-state index in [1.54, 1.807) is 23.5 Å². The van der Waals surface area contributed by atoms with Crippen molar-refractivity contribution >= 4 is 34.2 Å². The summed E-state index contributed by atoms with van der Waals surface area (Å²) < 4.78 is 0. The number of H-pyrrole nitrogens is 1. The van der Waals surface area contributed by atoms with Crippen LogP contribution in [0.3, 0.4) is 0 Å². The van der Waals surface area contributed by atoms with Crippen molar-refractivity contribution in [3.8, 4) is 0 Å². The van der Waals surface area contributed by atoms with Gasteiger partial charge in [0.25, 0.3) is 0 Å². The zero-order chi connectivity index (χ0) is 12.4. The smallest absolute Gasteiger partial charge is 0.221 e. The number of hydrogen-bond donors (Lipinski definition) is 1. The number of aromatic nitrogens is 2. The molecule has 0 bridgehead atoms. The second-order valence-electron chi connectivity index (χ2n) is 3.82. The zero-order valence-electron chi connectivity index (χ0n) is 9.46. The lowest BCUT2D eigenvalue weighted by Gasteiger charge is -1.87. The van der Waals surface area contributed by atoms with E-state index >= 15 is 0 Å². The molecule has 0 aliphatic heterocycles. The van der Waals surface area contributed by atoms with Crippen LogP contribution in [0, 0.1) is 0 Å². The molecule has 0 spiro atoms. The molecule has 0 saturated heterocycles. The molecule has 2 aromatic heterocycles. The molecule has 0 saturated carbocycles. The fraction of sp³-hybridized carbons (Fsp3) is 0. The molecule has 1 N–H and O–H groups in total. The molecule has 4 heteroatoms. The number of allylic oxidation sites excluding steroid dienone is 1. The summed E-state index contributed by atoms with van der Waals surface area (Å²) in [5.74, 6) is 0.267. The molecule has 0 atom stereocenters. The van der Waals surface area contributed by atoms with Gasteiger partial charge in [-0.25, -0.2) is 4.98 Å². The third kappa shape index (κ3) is 2.10. The Morgan fingerprint density at radius 2 is 2.11 bits per heavy atom. The van der Waals surface area contributed by atoms with Crippen LogP contribution in [0.4, 0.5) is 0 Å². The molecule has 1 aromatic carbocycles. The van der Waals surface area contributed by atoms with Crippen LogP contribution >= 0.6 is 11.3 Å². The highest BCUT2D eigenvalue weighted by atomic mass is 32.1. The first kappa shape index (κ1) is 10.9. The van der Waals surface area contributed by atoms with E-state index in [0.29, 0.717) is 5.82 Å². The highest BCUT2D eigenvalue weighted by molar-refractivity contribution is 7.10. The molecule has 2 heterocycles. The van der Waals surface area contributed by atoms with Gasteiger partial charge in [0.2, 0.25) is 5.78 Å². The number of fused-ring (bicyclic) bond motifs is 1. The van der Waals surface area contributed by atoms with Crippen molar-refractivity contribution in [2.75, 3.05) is 0 Å². The first-order valence-corrected chi connectivity index (χ1v) is 6.41. The summed E-state index contributed by atoms with van der Waals surface area (Å²) in [5, 5.41) is 1.98. The maximum absolute atomic E-state index is 11.9. The summed E-state index contributed by atoms with van der Waals surface area (Å²) in [7, 11) is 0. The van der Waals surface area contributed by atoms with Gasteiger partial charge in [0.05, 0.1) is 11.0 Å². The predicted octanol–water partition coefficient (Wildman–Crippen LogP) is 3.52. The van der Waals surface area contributed by atoms with Gasteiger partial charge >= 0.3 is 0 Å². The molecular formula is C14H10N2OS. The minimum Gasteiger partial charge on any atom is -0.335 e. The van der Waals surface area contributed by atoms with Crippen LogP contribution in [0.5, 0.6) is 0 Å². The van der Waals surface area contributed by atoms with Crippen molar-refractivity contribution in [3.63, 3.8) is 0 Å². The summed E-state index contributed by atoms with van der Waals surface area (Å²) in [6.07, 6.45) is 3.35. The number of nitrogens with one attached hydrogen (secondary N) is 1. The third-order valence-electron chi connectivity index (χ3n) is 2.56. The first-order valence-electron chi connectivity index (χ1n) is 5.53. The molecule has 3 aromatic rings. The zero-order valence-corrected chi connectivity index (χ0v) is 10.3. The number of hydrogen-bond acceptors (Lipinski definition) is 3. The lowest BCUT2D eigenvalue weighted by molar-refractivity contribution is 0.103. The fourth-order valence-electron chi connectivity index (χ4n) is 1.69. The van der Waals surface area contributed by atoms with Crippen LogP contribution < -0.4 is 0 Å². The van der Waals surface area contributed by atoms with Gasteiger partial charge in [-0.2, -0.15) is 0 Å². The van der Waals surface area contributed by atoms with Gasteiger partial charge < -0.3 is 4.98 Å². The summed E-state index contributed by atoms with van der Waals surface area (Å²) >= 11 is 1.60. The standard InChI is InChI=1S/C14H10N2OS/c17-13(8-7-10-4-3-9-18-10)14-15-11-5-1-2-6-12(11)16-14/h1-9H,(H,15,16). The van der Waals surface area contributed by atoms with Crippen molar-refractivity contribution in [2.24, 2.45) is 0 Å². The van der Waals surface area contributed by atoms with Crippen molar-refractivity contribution in [3.05, 3.63) is 58.6 Å². The van der Waals surface area contributed by atoms with Gasteiger partial charge in [-0.15, -0.1) is 11.3 Å². The molecule has 18 heavy (non-hydrogen) atoms.